The normalized spacial score (nSPS) is 14.6. The molecule has 1 N–H and O–H groups in total. The molecule has 1 aliphatic heterocycles. The van der Waals surface area contributed by atoms with Crippen LogP contribution in [0.15, 0.2) is 39.5 Å². The maximum absolute atomic E-state index is 12.7. The molecule has 0 radical (unpaired) electrons. The first-order chi connectivity index (χ1) is 12.1. The third-order valence-electron chi connectivity index (χ3n) is 4.25. The fourth-order valence-corrected chi connectivity index (χ4v) is 2.84. The molecule has 25 heavy (non-hydrogen) atoms. The number of para-hydroxylation sites is 1. The second-order valence-corrected chi connectivity index (χ2v) is 6.00. The van der Waals surface area contributed by atoms with Crippen molar-refractivity contribution in [2.45, 2.75) is 13.3 Å². The Kier molecular flexibility index (Phi) is 5.02. The van der Waals surface area contributed by atoms with Crippen molar-refractivity contribution in [3.05, 3.63) is 46.3 Å². The Labute approximate surface area is 145 Å². The van der Waals surface area contributed by atoms with Gasteiger partial charge in [0.15, 0.2) is 0 Å². The Morgan fingerprint density at radius 2 is 1.80 bits per heavy atom. The molecular formula is C18H21N3O4. The highest BCUT2D eigenvalue weighted by Crippen LogP contribution is 2.14. The van der Waals surface area contributed by atoms with E-state index in [1.807, 2.05) is 13.0 Å². The first-order valence-electron chi connectivity index (χ1n) is 8.45. The summed E-state index contributed by atoms with van der Waals surface area (Å²) in [5, 5.41) is 3.54. The SMILES string of the molecule is CCCNC(=O)N1CCN(C(=O)c2cc3ccccc3oc2=O)CC1. The van der Waals surface area contributed by atoms with Crippen molar-refractivity contribution in [1.29, 1.82) is 0 Å². The van der Waals surface area contributed by atoms with Crippen LogP contribution >= 0.6 is 0 Å². The number of urea groups is 1. The summed E-state index contributed by atoms with van der Waals surface area (Å²) in [6.45, 7) is 4.30. The largest absolute Gasteiger partial charge is 0.422 e. The van der Waals surface area contributed by atoms with Gasteiger partial charge in [-0.25, -0.2) is 9.59 Å². The minimum atomic E-state index is -0.633. The van der Waals surface area contributed by atoms with Crippen LogP contribution in [0.4, 0.5) is 4.79 Å². The van der Waals surface area contributed by atoms with E-state index in [9.17, 15) is 14.4 Å². The number of hydrogen-bond acceptors (Lipinski definition) is 4. The molecule has 7 nitrogen and oxygen atoms in total. The van der Waals surface area contributed by atoms with Gasteiger partial charge in [-0.15, -0.1) is 0 Å². The van der Waals surface area contributed by atoms with Crippen molar-refractivity contribution < 1.29 is 14.0 Å². The van der Waals surface area contributed by atoms with Crippen LogP contribution in [0, 0.1) is 0 Å². The topological polar surface area (TPSA) is 82.9 Å². The lowest BCUT2D eigenvalue weighted by atomic mass is 10.1. The zero-order valence-corrected chi connectivity index (χ0v) is 14.2. The van der Waals surface area contributed by atoms with Gasteiger partial charge < -0.3 is 19.5 Å². The number of rotatable bonds is 3. The zero-order valence-electron chi connectivity index (χ0n) is 14.2. The standard InChI is InChI=1S/C18H21N3O4/c1-2-7-19-18(24)21-10-8-20(9-11-21)16(22)14-12-13-5-3-4-6-15(13)25-17(14)23/h3-6,12H,2,7-11H2,1H3,(H,19,24). The van der Waals surface area contributed by atoms with Gasteiger partial charge in [0.1, 0.15) is 11.1 Å². The van der Waals surface area contributed by atoms with E-state index < -0.39 is 5.63 Å². The Morgan fingerprint density at radius 1 is 1.12 bits per heavy atom. The van der Waals surface area contributed by atoms with E-state index in [1.54, 1.807) is 34.1 Å². The number of amides is 3. The molecule has 1 saturated heterocycles. The molecule has 0 bridgehead atoms. The van der Waals surface area contributed by atoms with Crippen molar-refractivity contribution >= 4 is 22.9 Å². The highest BCUT2D eigenvalue weighted by atomic mass is 16.4. The lowest BCUT2D eigenvalue weighted by Crippen LogP contribution is -2.53. The van der Waals surface area contributed by atoms with Crippen LogP contribution in [0.2, 0.25) is 0 Å². The van der Waals surface area contributed by atoms with Crippen LogP contribution in [0.25, 0.3) is 11.0 Å². The van der Waals surface area contributed by atoms with E-state index in [1.165, 1.54) is 0 Å². The summed E-state index contributed by atoms with van der Waals surface area (Å²) < 4.78 is 5.23. The fourth-order valence-electron chi connectivity index (χ4n) is 2.84. The van der Waals surface area contributed by atoms with Crippen LogP contribution in [0.5, 0.6) is 0 Å². The Balaban J connectivity index is 1.70. The molecule has 7 heteroatoms. The van der Waals surface area contributed by atoms with E-state index >= 15 is 0 Å². The molecule has 1 fully saturated rings. The summed E-state index contributed by atoms with van der Waals surface area (Å²) >= 11 is 0. The molecule has 0 unspecified atom stereocenters. The Hall–Kier alpha value is -2.83. The van der Waals surface area contributed by atoms with Gasteiger partial charge in [-0.05, 0) is 18.6 Å². The van der Waals surface area contributed by atoms with E-state index in [4.69, 9.17) is 4.42 Å². The van der Waals surface area contributed by atoms with Crippen molar-refractivity contribution in [1.82, 2.24) is 15.1 Å². The molecule has 2 heterocycles. The summed E-state index contributed by atoms with van der Waals surface area (Å²) in [4.78, 5) is 40.0. The molecule has 1 aromatic heterocycles. The molecule has 0 saturated carbocycles. The second-order valence-electron chi connectivity index (χ2n) is 6.00. The summed E-state index contributed by atoms with van der Waals surface area (Å²) in [5.41, 5.74) is -0.143. The zero-order chi connectivity index (χ0) is 17.8. The molecule has 2 aromatic rings. The molecule has 1 aromatic carbocycles. The van der Waals surface area contributed by atoms with Crippen molar-refractivity contribution in [2.75, 3.05) is 32.7 Å². The monoisotopic (exact) mass is 343 g/mol. The first kappa shape index (κ1) is 17.0. The van der Waals surface area contributed by atoms with Crippen LogP contribution in [-0.2, 0) is 0 Å². The molecular weight excluding hydrogens is 322 g/mol. The van der Waals surface area contributed by atoms with Crippen LogP contribution in [0.1, 0.15) is 23.7 Å². The lowest BCUT2D eigenvalue weighted by molar-refractivity contribution is 0.0661. The number of hydrogen-bond donors (Lipinski definition) is 1. The predicted molar refractivity (Wildman–Crippen MR) is 93.7 cm³/mol. The second kappa shape index (κ2) is 7.38. The predicted octanol–water partition coefficient (Wildman–Crippen LogP) is 1.67. The van der Waals surface area contributed by atoms with E-state index in [-0.39, 0.29) is 17.5 Å². The van der Waals surface area contributed by atoms with Crippen LogP contribution in [-0.4, -0.2) is 54.5 Å². The van der Waals surface area contributed by atoms with Gasteiger partial charge in [0.25, 0.3) is 5.91 Å². The maximum atomic E-state index is 12.7. The quantitative estimate of drug-likeness (QED) is 0.860. The molecule has 3 rings (SSSR count). The van der Waals surface area contributed by atoms with Crippen LogP contribution in [0.3, 0.4) is 0 Å². The van der Waals surface area contributed by atoms with Gasteiger partial charge in [0, 0.05) is 38.1 Å². The van der Waals surface area contributed by atoms with Crippen molar-refractivity contribution in [3.63, 3.8) is 0 Å². The number of benzene rings is 1. The van der Waals surface area contributed by atoms with Gasteiger partial charge in [-0.2, -0.15) is 0 Å². The average Bonchev–Trinajstić information content (AvgIpc) is 2.65. The number of fused-ring (bicyclic) bond motifs is 1. The van der Waals surface area contributed by atoms with Gasteiger partial charge in [-0.1, -0.05) is 25.1 Å². The van der Waals surface area contributed by atoms with Crippen LogP contribution < -0.4 is 10.9 Å². The molecule has 3 amide bonds. The van der Waals surface area contributed by atoms with E-state index in [2.05, 4.69) is 5.32 Å². The summed E-state index contributed by atoms with van der Waals surface area (Å²) in [7, 11) is 0. The van der Waals surface area contributed by atoms with Crippen molar-refractivity contribution in [3.8, 4) is 0 Å². The molecule has 132 valence electrons. The lowest BCUT2D eigenvalue weighted by Gasteiger charge is -2.34. The minimum Gasteiger partial charge on any atom is -0.422 e. The van der Waals surface area contributed by atoms with Gasteiger partial charge in [0.2, 0.25) is 0 Å². The fraction of sp³-hybridized carbons (Fsp3) is 0.389. The van der Waals surface area contributed by atoms with Gasteiger partial charge >= 0.3 is 11.7 Å². The first-order valence-corrected chi connectivity index (χ1v) is 8.45. The highest BCUT2D eigenvalue weighted by Gasteiger charge is 2.26. The number of carbonyl (C=O) groups excluding carboxylic acids is 2. The number of piperazine rings is 1. The Morgan fingerprint density at radius 3 is 2.52 bits per heavy atom. The average molecular weight is 343 g/mol. The highest BCUT2D eigenvalue weighted by molar-refractivity contribution is 5.96. The smallest absolute Gasteiger partial charge is 0.349 e. The Bertz CT molecular complexity index is 838. The van der Waals surface area contributed by atoms with E-state index in [0.717, 1.165) is 6.42 Å². The minimum absolute atomic E-state index is 0.0302. The number of nitrogens with one attached hydrogen (secondary N) is 1. The van der Waals surface area contributed by atoms with Gasteiger partial charge in [-0.3, -0.25) is 4.79 Å². The van der Waals surface area contributed by atoms with Gasteiger partial charge in [0.05, 0.1) is 0 Å². The van der Waals surface area contributed by atoms with Crippen molar-refractivity contribution in [2.24, 2.45) is 0 Å². The third-order valence-corrected chi connectivity index (χ3v) is 4.25. The molecule has 1 aliphatic rings. The molecule has 0 spiro atoms. The maximum Gasteiger partial charge on any atom is 0.349 e. The molecule has 0 aliphatic carbocycles. The number of carbonyl (C=O) groups is 2. The van der Waals surface area contributed by atoms with E-state index in [0.29, 0.717) is 43.7 Å². The summed E-state index contributed by atoms with van der Waals surface area (Å²) in [6, 6.07) is 8.55. The third kappa shape index (κ3) is 3.65. The molecule has 0 atom stereocenters. The number of nitrogens with zero attached hydrogens (tertiary/aromatic N) is 2. The summed E-state index contributed by atoms with van der Waals surface area (Å²) in [5.74, 6) is -0.354. The summed E-state index contributed by atoms with van der Waals surface area (Å²) in [6.07, 6.45) is 0.877.